The molecule has 5 nitrogen and oxygen atoms in total. The van der Waals surface area contributed by atoms with Gasteiger partial charge in [-0.25, -0.2) is 0 Å². The van der Waals surface area contributed by atoms with Crippen LogP contribution in [-0.4, -0.2) is 37.8 Å². The Bertz CT molecular complexity index is 767. The number of Topliss-reactive ketones (excluding diaryl/α,β-unsaturated/α-hetero) is 1. The van der Waals surface area contributed by atoms with Crippen LogP contribution in [0.15, 0.2) is 42.5 Å². The Kier molecular flexibility index (Phi) is 6.92. The van der Waals surface area contributed by atoms with Crippen LogP contribution in [0.2, 0.25) is 0 Å². The summed E-state index contributed by atoms with van der Waals surface area (Å²) in [6.45, 7) is 2.86. The molecule has 1 N–H and O–H groups in total. The first-order valence-electron chi connectivity index (χ1n) is 8.56. The van der Waals surface area contributed by atoms with E-state index in [0.717, 1.165) is 12.1 Å². The molecule has 0 aromatic heterocycles. The van der Waals surface area contributed by atoms with Gasteiger partial charge in [-0.3, -0.25) is 9.59 Å². The maximum atomic E-state index is 12.3. The van der Waals surface area contributed by atoms with Crippen molar-refractivity contribution in [2.24, 2.45) is 0 Å². The Morgan fingerprint density at radius 1 is 1.04 bits per heavy atom. The predicted octanol–water partition coefficient (Wildman–Crippen LogP) is 2.82. The third-order valence-electron chi connectivity index (χ3n) is 4.05. The molecule has 0 bridgehead atoms. The smallest absolute Gasteiger partial charge is 0.224 e. The second kappa shape index (κ2) is 9.15. The highest BCUT2D eigenvalue weighted by atomic mass is 16.5. The summed E-state index contributed by atoms with van der Waals surface area (Å²) in [5.74, 6) is 0.465. The minimum Gasteiger partial charge on any atom is -0.496 e. The van der Waals surface area contributed by atoms with Crippen LogP contribution in [0.5, 0.6) is 5.75 Å². The molecule has 0 aliphatic heterocycles. The van der Waals surface area contributed by atoms with Crippen LogP contribution in [0.25, 0.3) is 0 Å². The summed E-state index contributed by atoms with van der Waals surface area (Å²) < 4.78 is 5.29. The topological polar surface area (TPSA) is 58.6 Å². The SMILES string of the molecule is COc1ccc(C(C)=O)cc1CC(=O)NCc1ccc(CN(C)C)cc1. The highest BCUT2D eigenvalue weighted by Crippen LogP contribution is 2.21. The number of hydrogen-bond donors (Lipinski definition) is 1. The lowest BCUT2D eigenvalue weighted by Crippen LogP contribution is -2.24. The van der Waals surface area contributed by atoms with E-state index in [1.165, 1.54) is 12.5 Å². The minimum atomic E-state index is -0.110. The fraction of sp³-hybridized carbons (Fsp3) is 0.333. The zero-order valence-electron chi connectivity index (χ0n) is 15.8. The van der Waals surface area contributed by atoms with Gasteiger partial charge < -0.3 is 15.0 Å². The number of nitrogens with zero attached hydrogens (tertiary/aromatic N) is 1. The Balaban J connectivity index is 1.96. The van der Waals surface area contributed by atoms with Crippen molar-refractivity contribution in [3.05, 3.63) is 64.7 Å². The van der Waals surface area contributed by atoms with Crippen molar-refractivity contribution in [2.45, 2.75) is 26.4 Å². The van der Waals surface area contributed by atoms with Crippen molar-refractivity contribution in [1.29, 1.82) is 0 Å². The van der Waals surface area contributed by atoms with E-state index in [9.17, 15) is 9.59 Å². The number of carbonyl (C=O) groups is 2. The monoisotopic (exact) mass is 354 g/mol. The number of benzene rings is 2. The van der Waals surface area contributed by atoms with Crippen LogP contribution < -0.4 is 10.1 Å². The molecule has 0 fully saturated rings. The third-order valence-corrected chi connectivity index (χ3v) is 4.05. The molecule has 1 amide bonds. The molecule has 0 atom stereocenters. The summed E-state index contributed by atoms with van der Waals surface area (Å²) in [4.78, 5) is 25.9. The summed E-state index contributed by atoms with van der Waals surface area (Å²) in [6, 6.07) is 13.3. The van der Waals surface area contributed by atoms with Crippen LogP contribution in [0.1, 0.15) is 34.0 Å². The van der Waals surface area contributed by atoms with E-state index in [0.29, 0.717) is 23.4 Å². The molecule has 2 rings (SSSR count). The lowest BCUT2D eigenvalue weighted by Gasteiger charge is -2.12. The van der Waals surface area contributed by atoms with Crippen molar-refractivity contribution >= 4 is 11.7 Å². The molecular formula is C21H26N2O3. The normalized spacial score (nSPS) is 10.7. The van der Waals surface area contributed by atoms with E-state index in [-0.39, 0.29) is 18.1 Å². The van der Waals surface area contributed by atoms with Gasteiger partial charge in [0.05, 0.1) is 13.5 Å². The second-order valence-corrected chi connectivity index (χ2v) is 6.59. The molecule has 2 aromatic carbocycles. The van der Waals surface area contributed by atoms with Crippen molar-refractivity contribution in [3.8, 4) is 5.75 Å². The Labute approximate surface area is 155 Å². The summed E-state index contributed by atoms with van der Waals surface area (Å²) in [5.41, 5.74) is 3.56. The average molecular weight is 354 g/mol. The Morgan fingerprint density at radius 3 is 2.27 bits per heavy atom. The number of methoxy groups -OCH3 is 1. The van der Waals surface area contributed by atoms with E-state index in [4.69, 9.17) is 4.74 Å². The molecule has 2 aromatic rings. The van der Waals surface area contributed by atoms with Gasteiger partial charge in [0.2, 0.25) is 5.91 Å². The second-order valence-electron chi connectivity index (χ2n) is 6.59. The lowest BCUT2D eigenvalue weighted by atomic mass is 10.0. The van der Waals surface area contributed by atoms with E-state index in [2.05, 4.69) is 22.3 Å². The summed E-state index contributed by atoms with van der Waals surface area (Å²) in [7, 11) is 5.62. The van der Waals surface area contributed by atoms with E-state index >= 15 is 0 Å². The van der Waals surface area contributed by atoms with Gasteiger partial charge in [0.1, 0.15) is 5.75 Å². The summed E-state index contributed by atoms with van der Waals surface area (Å²) in [5, 5.41) is 2.92. The number of amides is 1. The highest BCUT2D eigenvalue weighted by molar-refractivity contribution is 5.94. The van der Waals surface area contributed by atoms with Crippen LogP contribution in [0, 0.1) is 0 Å². The van der Waals surface area contributed by atoms with Gasteiger partial charge in [0.15, 0.2) is 5.78 Å². The molecule has 0 heterocycles. The van der Waals surface area contributed by atoms with Crippen LogP contribution in [-0.2, 0) is 24.3 Å². The molecule has 0 unspecified atom stereocenters. The number of ether oxygens (including phenoxy) is 1. The van der Waals surface area contributed by atoms with Gasteiger partial charge >= 0.3 is 0 Å². The zero-order valence-corrected chi connectivity index (χ0v) is 15.8. The first kappa shape index (κ1) is 19.7. The summed E-state index contributed by atoms with van der Waals surface area (Å²) >= 11 is 0. The molecule has 0 radical (unpaired) electrons. The van der Waals surface area contributed by atoms with Crippen molar-refractivity contribution in [1.82, 2.24) is 10.2 Å². The number of ketones is 1. The van der Waals surface area contributed by atoms with Crippen LogP contribution in [0.3, 0.4) is 0 Å². The fourth-order valence-electron chi connectivity index (χ4n) is 2.70. The molecule has 5 heteroatoms. The molecule has 0 saturated carbocycles. The van der Waals surface area contributed by atoms with E-state index in [1.807, 2.05) is 26.2 Å². The molecule has 0 spiro atoms. The molecule has 0 saturated heterocycles. The maximum Gasteiger partial charge on any atom is 0.224 e. The lowest BCUT2D eigenvalue weighted by molar-refractivity contribution is -0.120. The van der Waals surface area contributed by atoms with Crippen LogP contribution in [0.4, 0.5) is 0 Å². The molecule has 26 heavy (non-hydrogen) atoms. The van der Waals surface area contributed by atoms with Gasteiger partial charge in [-0.1, -0.05) is 24.3 Å². The van der Waals surface area contributed by atoms with Crippen molar-refractivity contribution in [3.63, 3.8) is 0 Å². The standard InChI is InChI=1S/C21H26N2O3/c1-15(24)18-9-10-20(26-4)19(11-18)12-21(25)22-13-16-5-7-17(8-6-16)14-23(2)3/h5-11H,12-14H2,1-4H3,(H,22,25). The van der Waals surface area contributed by atoms with Crippen molar-refractivity contribution < 1.29 is 14.3 Å². The molecular weight excluding hydrogens is 328 g/mol. The molecule has 0 aliphatic carbocycles. The average Bonchev–Trinajstić information content (AvgIpc) is 2.60. The molecule has 0 aliphatic rings. The fourth-order valence-corrected chi connectivity index (χ4v) is 2.70. The Hall–Kier alpha value is -2.66. The highest BCUT2D eigenvalue weighted by Gasteiger charge is 2.11. The van der Waals surface area contributed by atoms with Gasteiger partial charge in [-0.15, -0.1) is 0 Å². The largest absolute Gasteiger partial charge is 0.496 e. The van der Waals surface area contributed by atoms with Gasteiger partial charge in [0.25, 0.3) is 0 Å². The number of carbonyl (C=O) groups excluding carboxylic acids is 2. The van der Waals surface area contributed by atoms with Crippen LogP contribution >= 0.6 is 0 Å². The number of rotatable bonds is 8. The minimum absolute atomic E-state index is 0.0351. The van der Waals surface area contributed by atoms with Crippen molar-refractivity contribution in [2.75, 3.05) is 21.2 Å². The Morgan fingerprint density at radius 2 is 1.69 bits per heavy atom. The quantitative estimate of drug-likeness (QED) is 0.741. The number of hydrogen-bond acceptors (Lipinski definition) is 4. The number of nitrogens with one attached hydrogen (secondary N) is 1. The first-order chi connectivity index (χ1) is 12.4. The summed E-state index contributed by atoms with van der Waals surface area (Å²) in [6.07, 6.45) is 0.170. The van der Waals surface area contributed by atoms with E-state index < -0.39 is 0 Å². The van der Waals surface area contributed by atoms with Gasteiger partial charge in [-0.05, 0) is 50.3 Å². The maximum absolute atomic E-state index is 12.3. The van der Waals surface area contributed by atoms with Gasteiger partial charge in [0, 0.05) is 24.2 Å². The van der Waals surface area contributed by atoms with E-state index in [1.54, 1.807) is 25.3 Å². The zero-order chi connectivity index (χ0) is 19.1. The predicted molar refractivity (Wildman–Crippen MR) is 102 cm³/mol. The molecule has 138 valence electrons. The third kappa shape index (κ3) is 5.70. The first-order valence-corrected chi connectivity index (χ1v) is 8.56. The van der Waals surface area contributed by atoms with Gasteiger partial charge in [-0.2, -0.15) is 0 Å².